The average Bonchev–Trinajstić information content (AvgIpc) is 3.36. The number of carbonyl (C=O) groups excluding carboxylic acids is 1. The minimum absolute atomic E-state index is 0.00174. The van der Waals surface area contributed by atoms with Crippen molar-refractivity contribution in [2.24, 2.45) is 11.8 Å². The van der Waals surface area contributed by atoms with E-state index in [0.29, 0.717) is 48.4 Å². The molecule has 1 aliphatic carbocycles. The number of nitrogens with zero attached hydrogens (tertiary/aromatic N) is 6. The fourth-order valence-electron chi connectivity index (χ4n) is 5.62. The van der Waals surface area contributed by atoms with E-state index >= 15 is 0 Å². The second-order valence-electron chi connectivity index (χ2n) is 10.6. The van der Waals surface area contributed by atoms with Crippen LogP contribution in [0.2, 0.25) is 0 Å². The molecule has 0 unspecified atom stereocenters. The predicted molar refractivity (Wildman–Crippen MR) is 141 cm³/mol. The van der Waals surface area contributed by atoms with E-state index in [0.717, 1.165) is 32.1 Å². The summed E-state index contributed by atoms with van der Waals surface area (Å²) in [7, 11) is 0. The van der Waals surface area contributed by atoms with Crippen LogP contribution in [-0.2, 0) is 4.74 Å². The van der Waals surface area contributed by atoms with E-state index in [1.165, 1.54) is 12.5 Å². The number of carbonyl (C=O) groups is 1. The van der Waals surface area contributed by atoms with Crippen molar-refractivity contribution in [1.29, 1.82) is 0 Å². The molecule has 1 N–H and O–H groups in total. The van der Waals surface area contributed by atoms with Crippen molar-refractivity contribution < 1.29 is 18.3 Å². The second kappa shape index (κ2) is 11.3. The molecule has 38 heavy (non-hydrogen) atoms. The first-order valence-corrected chi connectivity index (χ1v) is 13.5. The lowest BCUT2D eigenvalue weighted by atomic mass is 9.80. The number of fused-ring (bicyclic) bond motifs is 1. The largest absolute Gasteiger partial charge is 0.377 e. The van der Waals surface area contributed by atoms with Crippen LogP contribution in [-0.4, -0.2) is 56.4 Å². The Morgan fingerprint density at radius 2 is 1.97 bits per heavy atom. The van der Waals surface area contributed by atoms with Crippen LogP contribution in [0.25, 0.3) is 11.0 Å². The minimum Gasteiger partial charge on any atom is -0.377 e. The second-order valence-corrected chi connectivity index (χ2v) is 10.6. The number of ether oxygens (including phenoxy) is 1. The van der Waals surface area contributed by atoms with Crippen LogP contribution in [0.4, 0.5) is 20.3 Å². The number of aromatic nitrogens is 5. The van der Waals surface area contributed by atoms with E-state index in [4.69, 9.17) is 9.72 Å². The van der Waals surface area contributed by atoms with Gasteiger partial charge in [0, 0.05) is 12.7 Å². The summed E-state index contributed by atoms with van der Waals surface area (Å²) in [5.74, 6) is 1.33. The number of halogens is 2. The van der Waals surface area contributed by atoms with Gasteiger partial charge in [-0.25, -0.2) is 23.7 Å². The average molecular weight is 528 g/mol. The maximum Gasteiger partial charge on any atom is 0.284 e. The normalized spacial score (nSPS) is 22.4. The van der Waals surface area contributed by atoms with Gasteiger partial charge in [0.1, 0.15) is 17.7 Å². The Hall–Kier alpha value is -3.21. The van der Waals surface area contributed by atoms with E-state index in [1.807, 2.05) is 6.07 Å². The molecule has 9 nitrogen and oxygen atoms in total. The molecule has 0 aromatic carbocycles. The number of hydrogen-bond donors (Lipinski definition) is 1. The van der Waals surface area contributed by atoms with Crippen LogP contribution < -0.4 is 10.2 Å². The summed E-state index contributed by atoms with van der Waals surface area (Å²) in [6, 6.07) is 3.88. The van der Waals surface area contributed by atoms with Gasteiger partial charge >= 0.3 is 0 Å². The summed E-state index contributed by atoms with van der Waals surface area (Å²) in [6.45, 7) is 8.41. The summed E-state index contributed by atoms with van der Waals surface area (Å²) < 4.78 is 35.1. The number of hydrogen-bond acceptors (Lipinski definition) is 7. The molecule has 11 heteroatoms. The van der Waals surface area contributed by atoms with Gasteiger partial charge < -0.3 is 15.0 Å². The van der Waals surface area contributed by atoms with E-state index in [-0.39, 0.29) is 23.5 Å². The molecule has 3 aromatic rings. The number of morpholine rings is 1. The number of anilines is 2. The maximum absolute atomic E-state index is 13.9. The smallest absolute Gasteiger partial charge is 0.284 e. The SMILES string of the molecule is CC[C@H]1COCCN1c1ccc2ncnc(C(=O)Nc3cn(C4CCC(C(C)C)CC4)nc3C(F)F)c2n1. The van der Waals surface area contributed by atoms with Crippen LogP contribution in [0.15, 0.2) is 24.7 Å². The molecule has 0 spiro atoms. The van der Waals surface area contributed by atoms with Crippen LogP contribution in [0.5, 0.6) is 0 Å². The molecule has 0 bridgehead atoms. The Morgan fingerprint density at radius 1 is 1.18 bits per heavy atom. The standard InChI is InChI=1S/C27H35F2N7O2/c1-4-18-14-38-12-11-35(18)22-10-9-20-23(33-22)25(31-15-30-20)27(37)32-21-13-36(34-24(21)26(28)29)19-7-5-17(6-8-19)16(2)3/h9-10,13,15-19,26H,4-8,11-12,14H2,1-3H3,(H,32,37)/t17?,18-,19?/m0/s1. The maximum atomic E-state index is 13.9. The third-order valence-electron chi connectivity index (χ3n) is 7.95. The Morgan fingerprint density at radius 3 is 2.68 bits per heavy atom. The molecule has 2 fully saturated rings. The fraction of sp³-hybridized carbons (Fsp3) is 0.593. The highest BCUT2D eigenvalue weighted by atomic mass is 19.3. The molecular formula is C27H35F2N7O2. The van der Waals surface area contributed by atoms with Gasteiger partial charge in [0.05, 0.1) is 36.5 Å². The first-order chi connectivity index (χ1) is 18.4. The zero-order valence-corrected chi connectivity index (χ0v) is 22.1. The molecule has 2 aliphatic rings. The highest BCUT2D eigenvalue weighted by Crippen LogP contribution is 2.37. The number of rotatable bonds is 7. The van der Waals surface area contributed by atoms with Crippen molar-refractivity contribution >= 4 is 28.4 Å². The van der Waals surface area contributed by atoms with Gasteiger partial charge in [-0.2, -0.15) is 5.10 Å². The Kier molecular flexibility index (Phi) is 7.83. The topological polar surface area (TPSA) is 98.1 Å². The lowest BCUT2D eigenvalue weighted by molar-refractivity contribution is 0.0926. The van der Waals surface area contributed by atoms with Gasteiger partial charge in [-0.1, -0.05) is 20.8 Å². The van der Waals surface area contributed by atoms with Crippen molar-refractivity contribution in [2.75, 3.05) is 30.0 Å². The van der Waals surface area contributed by atoms with Gasteiger partial charge in [0.2, 0.25) is 0 Å². The van der Waals surface area contributed by atoms with Gasteiger partial charge in [-0.05, 0) is 56.1 Å². The van der Waals surface area contributed by atoms with Crippen molar-refractivity contribution in [2.45, 2.75) is 71.4 Å². The quantitative estimate of drug-likeness (QED) is 0.438. The lowest BCUT2D eigenvalue weighted by Gasteiger charge is -2.36. The Labute approximate surface area is 221 Å². The molecule has 1 saturated heterocycles. The molecular weight excluding hydrogens is 492 g/mol. The Balaban J connectivity index is 1.40. The fourth-order valence-corrected chi connectivity index (χ4v) is 5.62. The summed E-state index contributed by atoms with van der Waals surface area (Å²) in [5, 5.41) is 6.83. The predicted octanol–water partition coefficient (Wildman–Crippen LogP) is 5.41. The monoisotopic (exact) mass is 527 g/mol. The van der Waals surface area contributed by atoms with Crippen LogP contribution in [0.1, 0.15) is 81.5 Å². The van der Waals surface area contributed by atoms with Gasteiger partial charge in [-0.15, -0.1) is 0 Å². The van der Waals surface area contributed by atoms with Gasteiger partial charge in [0.25, 0.3) is 12.3 Å². The molecule has 4 heterocycles. The summed E-state index contributed by atoms with van der Waals surface area (Å²) >= 11 is 0. The lowest BCUT2D eigenvalue weighted by Crippen LogP contribution is -2.45. The van der Waals surface area contributed by atoms with Crippen molar-refractivity contribution in [3.63, 3.8) is 0 Å². The van der Waals surface area contributed by atoms with Crippen LogP contribution in [0.3, 0.4) is 0 Å². The number of pyridine rings is 1. The van der Waals surface area contributed by atoms with Gasteiger partial charge in [-0.3, -0.25) is 9.48 Å². The Bertz CT molecular complexity index is 1270. The third kappa shape index (κ3) is 5.34. The highest BCUT2D eigenvalue weighted by molar-refractivity contribution is 6.10. The summed E-state index contributed by atoms with van der Waals surface area (Å²) in [5.41, 5.74) is 0.417. The number of alkyl halides is 2. The molecule has 0 radical (unpaired) electrons. The zero-order chi connectivity index (χ0) is 26.8. The van der Waals surface area contributed by atoms with Crippen molar-refractivity contribution in [1.82, 2.24) is 24.7 Å². The molecule has 5 rings (SSSR count). The van der Waals surface area contributed by atoms with E-state index in [2.05, 4.69) is 46.1 Å². The van der Waals surface area contributed by atoms with Crippen molar-refractivity contribution in [3.8, 4) is 0 Å². The first-order valence-electron chi connectivity index (χ1n) is 13.5. The van der Waals surface area contributed by atoms with Crippen molar-refractivity contribution in [3.05, 3.63) is 36.0 Å². The molecule has 3 aromatic heterocycles. The van der Waals surface area contributed by atoms with E-state index in [9.17, 15) is 13.6 Å². The van der Waals surface area contributed by atoms with E-state index in [1.54, 1.807) is 10.7 Å². The molecule has 1 aliphatic heterocycles. The molecule has 1 saturated carbocycles. The summed E-state index contributed by atoms with van der Waals surface area (Å²) in [4.78, 5) is 28.7. The minimum atomic E-state index is -2.82. The number of amides is 1. The van der Waals surface area contributed by atoms with E-state index < -0.39 is 18.0 Å². The van der Waals surface area contributed by atoms with Crippen LogP contribution >= 0.6 is 0 Å². The van der Waals surface area contributed by atoms with Gasteiger partial charge in [0.15, 0.2) is 11.4 Å². The number of nitrogens with one attached hydrogen (secondary N) is 1. The van der Waals surface area contributed by atoms with Crippen LogP contribution in [0, 0.1) is 11.8 Å². The molecule has 204 valence electrons. The molecule has 1 atom stereocenters. The third-order valence-corrected chi connectivity index (χ3v) is 7.95. The highest BCUT2D eigenvalue weighted by Gasteiger charge is 2.29. The molecule has 1 amide bonds. The first kappa shape index (κ1) is 26.4. The summed E-state index contributed by atoms with van der Waals surface area (Å²) in [6.07, 6.45) is 4.71. The zero-order valence-electron chi connectivity index (χ0n) is 22.1.